The van der Waals surface area contributed by atoms with Crippen molar-refractivity contribution in [1.29, 1.82) is 0 Å². The average Bonchev–Trinajstić information content (AvgIpc) is 2.87. The van der Waals surface area contributed by atoms with Crippen molar-refractivity contribution in [3.05, 3.63) is 47.3 Å². The van der Waals surface area contributed by atoms with E-state index < -0.39 is 0 Å². The van der Waals surface area contributed by atoms with Gasteiger partial charge < -0.3 is 19.7 Å². The lowest BCUT2D eigenvalue weighted by Crippen LogP contribution is -1.92. The molecule has 0 aliphatic heterocycles. The van der Waals surface area contributed by atoms with E-state index in [1.54, 1.807) is 7.05 Å². The highest BCUT2D eigenvalue weighted by atomic mass is 16.5. The minimum atomic E-state index is -0.114. The van der Waals surface area contributed by atoms with Crippen LogP contribution in [-0.2, 0) is 22.7 Å². The molecule has 0 saturated heterocycles. The second-order valence-corrected chi connectivity index (χ2v) is 3.87. The Morgan fingerprint density at radius 2 is 2.10 bits per heavy atom. The molecule has 0 fully saturated rings. The predicted octanol–water partition coefficient (Wildman–Crippen LogP) is 1.88. The Morgan fingerprint density at radius 3 is 2.60 bits per heavy atom. The predicted molar refractivity (Wildman–Crippen MR) is 74.0 cm³/mol. The molecule has 6 heteroatoms. The number of aliphatic hydroxyl groups is 1. The first-order chi connectivity index (χ1) is 9.72. The van der Waals surface area contributed by atoms with Gasteiger partial charge in [0.2, 0.25) is 0 Å². The quantitative estimate of drug-likeness (QED) is 0.812. The molecule has 2 aromatic rings. The maximum atomic E-state index is 9.76. The van der Waals surface area contributed by atoms with Crippen LogP contribution in [0.5, 0.6) is 0 Å². The van der Waals surface area contributed by atoms with Crippen molar-refractivity contribution in [3.63, 3.8) is 0 Å². The number of anilines is 1. The number of ether oxygens (including phenoxy) is 1. The molecule has 0 aliphatic rings. The Labute approximate surface area is 117 Å². The standard InChI is InChI=1S/C8H8O2.C6H10N2O2/c9-7-10-6-8-4-2-1-3-5-8;1-4-6(7-2)5(3-9)10-8-4/h1-5,7H,6H2;7,9H,3H2,1-2H3. The van der Waals surface area contributed by atoms with E-state index in [4.69, 9.17) is 9.63 Å². The first-order valence-electron chi connectivity index (χ1n) is 6.05. The summed E-state index contributed by atoms with van der Waals surface area (Å²) in [6.45, 7) is 2.52. The lowest BCUT2D eigenvalue weighted by molar-refractivity contribution is -0.129. The summed E-state index contributed by atoms with van der Waals surface area (Å²) in [6.07, 6.45) is 0. The van der Waals surface area contributed by atoms with Crippen LogP contribution in [0, 0.1) is 6.92 Å². The molecule has 0 aliphatic carbocycles. The van der Waals surface area contributed by atoms with Crippen molar-refractivity contribution in [1.82, 2.24) is 5.16 Å². The molecule has 2 N–H and O–H groups in total. The zero-order valence-electron chi connectivity index (χ0n) is 11.5. The first-order valence-corrected chi connectivity index (χ1v) is 6.05. The lowest BCUT2D eigenvalue weighted by atomic mass is 10.2. The molecule has 0 spiro atoms. The molecule has 1 heterocycles. The van der Waals surface area contributed by atoms with Crippen LogP contribution in [-0.4, -0.2) is 23.8 Å². The van der Waals surface area contributed by atoms with Crippen molar-refractivity contribution < 1.29 is 19.2 Å². The SMILES string of the molecule is CNc1c(C)noc1CO.O=COCc1ccccc1. The number of nitrogens with one attached hydrogen (secondary N) is 1. The van der Waals surface area contributed by atoms with E-state index in [0.29, 0.717) is 18.8 Å². The molecule has 0 bridgehead atoms. The van der Waals surface area contributed by atoms with Crippen LogP contribution in [0.4, 0.5) is 5.69 Å². The molecule has 2 rings (SSSR count). The summed E-state index contributed by atoms with van der Waals surface area (Å²) >= 11 is 0. The first kappa shape index (κ1) is 15.7. The van der Waals surface area contributed by atoms with Gasteiger partial charge in [0.25, 0.3) is 6.47 Å². The second-order valence-electron chi connectivity index (χ2n) is 3.87. The Balaban J connectivity index is 0.000000200. The summed E-state index contributed by atoms with van der Waals surface area (Å²) in [5.41, 5.74) is 2.56. The highest BCUT2D eigenvalue weighted by Gasteiger charge is 2.08. The van der Waals surface area contributed by atoms with Crippen molar-refractivity contribution in [2.24, 2.45) is 0 Å². The monoisotopic (exact) mass is 278 g/mol. The number of carbonyl (C=O) groups is 1. The Hall–Kier alpha value is -2.34. The summed E-state index contributed by atoms with van der Waals surface area (Å²) in [4.78, 5) is 9.76. The van der Waals surface area contributed by atoms with Gasteiger partial charge in [-0.15, -0.1) is 0 Å². The van der Waals surface area contributed by atoms with Gasteiger partial charge in [0.05, 0.1) is 0 Å². The minimum absolute atomic E-state index is 0.114. The average molecular weight is 278 g/mol. The molecular weight excluding hydrogens is 260 g/mol. The summed E-state index contributed by atoms with van der Waals surface area (Å²) in [5, 5.41) is 15.2. The fourth-order valence-corrected chi connectivity index (χ4v) is 1.55. The number of aryl methyl sites for hydroxylation is 1. The summed E-state index contributed by atoms with van der Waals surface area (Å²) < 4.78 is 9.31. The second kappa shape index (κ2) is 8.71. The largest absolute Gasteiger partial charge is 0.463 e. The molecule has 0 saturated carbocycles. The van der Waals surface area contributed by atoms with Crippen LogP contribution in [0.25, 0.3) is 0 Å². The number of aliphatic hydroxyl groups excluding tert-OH is 1. The van der Waals surface area contributed by atoms with Crippen molar-refractivity contribution >= 4 is 12.2 Å². The molecular formula is C14H18N2O4. The van der Waals surface area contributed by atoms with E-state index in [1.807, 2.05) is 37.3 Å². The van der Waals surface area contributed by atoms with Gasteiger partial charge in [-0.05, 0) is 12.5 Å². The van der Waals surface area contributed by atoms with E-state index in [2.05, 4.69) is 15.2 Å². The number of aromatic nitrogens is 1. The number of carbonyl (C=O) groups excluding carboxylic acids is 1. The van der Waals surface area contributed by atoms with E-state index >= 15 is 0 Å². The molecule has 0 amide bonds. The third-order valence-electron chi connectivity index (χ3n) is 2.49. The van der Waals surface area contributed by atoms with Crippen LogP contribution in [0.15, 0.2) is 34.9 Å². The van der Waals surface area contributed by atoms with E-state index in [-0.39, 0.29) is 6.61 Å². The molecule has 0 unspecified atom stereocenters. The third kappa shape index (κ3) is 4.74. The number of hydrogen-bond acceptors (Lipinski definition) is 6. The van der Waals surface area contributed by atoms with E-state index in [9.17, 15) is 4.79 Å². The van der Waals surface area contributed by atoms with Gasteiger partial charge in [-0.3, -0.25) is 4.79 Å². The number of benzene rings is 1. The molecule has 20 heavy (non-hydrogen) atoms. The summed E-state index contributed by atoms with van der Waals surface area (Å²) in [6, 6.07) is 9.55. The Morgan fingerprint density at radius 1 is 1.40 bits per heavy atom. The van der Waals surface area contributed by atoms with Gasteiger partial charge in [-0.1, -0.05) is 35.5 Å². The maximum absolute atomic E-state index is 9.76. The van der Waals surface area contributed by atoms with Gasteiger partial charge in [0, 0.05) is 7.05 Å². The third-order valence-corrected chi connectivity index (χ3v) is 2.49. The lowest BCUT2D eigenvalue weighted by Gasteiger charge is -1.95. The molecule has 1 aromatic carbocycles. The van der Waals surface area contributed by atoms with Gasteiger partial charge in [0.15, 0.2) is 5.76 Å². The zero-order valence-corrected chi connectivity index (χ0v) is 11.5. The van der Waals surface area contributed by atoms with Crippen LogP contribution in [0.3, 0.4) is 0 Å². The van der Waals surface area contributed by atoms with Crippen molar-refractivity contribution in [2.75, 3.05) is 12.4 Å². The van der Waals surface area contributed by atoms with Crippen LogP contribution in [0.1, 0.15) is 17.0 Å². The van der Waals surface area contributed by atoms with Gasteiger partial charge in [-0.2, -0.15) is 0 Å². The smallest absolute Gasteiger partial charge is 0.293 e. The maximum Gasteiger partial charge on any atom is 0.293 e. The normalized spacial score (nSPS) is 9.35. The fraction of sp³-hybridized carbons (Fsp3) is 0.286. The Bertz CT molecular complexity index is 511. The zero-order chi connectivity index (χ0) is 14.8. The van der Waals surface area contributed by atoms with Crippen molar-refractivity contribution in [2.45, 2.75) is 20.1 Å². The van der Waals surface area contributed by atoms with E-state index in [1.165, 1.54) is 0 Å². The van der Waals surface area contributed by atoms with E-state index in [0.717, 1.165) is 16.9 Å². The van der Waals surface area contributed by atoms with Gasteiger partial charge >= 0.3 is 0 Å². The number of rotatable bonds is 5. The summed E-state index contributed by atoms with van der Waals surface area (Å²) in [7, 11) is 1.76. The van der Waals surface area contributed by atoms with Crippen LogP contribution < -0.4 is 5.32 Å². The fourth-order valence-electron chi connectivity index (χ4n) is 1.55. The molecule has 108 valence electrons. The van der Waals surface area contributed by atoms with Crippen LogP contribution in [0.2, 0.25) is 0 Å². The minimum Gasteiger partial charge on any atom is -0.463 e. The highest BCUT2D eigenvalue weighted by molar-refractivity contribution is 5.49. The molecule has 6 nitrogen and oxygen atoms in total. The summed E-state index contributed by atoms with van der Waals surface area (Å²) in [5.74, 6) is 0.486. The number of nitrogens with zero attached hydrogens (tertiary/aromatic N) is 1. The molecule has 0 radical (unpaired) electrons. The molecule has 0 atom stereocenters. The highest BCUT2D eigenvalue weighted by Crippen LogP contribution is 2.18. The topological polar surface area (TPSA) is 84.6 Å². The van der Waals surface area contributed by atoms with Crippen LogP contribution >= 0.6 is 0 Å². The molecule has 1 aromatic heterocycles. The van der Waals surface area contributed by atoms with Gasteiger partial charge in [0.1, 0.15) is 24.6 Å². The number of hydrogen-bond donors (Lipinski definition) is 2. The van der Waals surface area contributed by atoms with Gasteiger partial charge in [-0.25, -0.2) is 0 Å². The van der Waals surface area contributed by atoms with Crippen molar-refractivity contribution in [3.8, 4) is 0 Å². The Kier molecular flexibility index (Phi) is 6.84.